The van der Waals surface area contributed by atoms with Gasteiger partial charge in [-0.2, -0.15) is 5.10 Å². The second-order valence-electron chi connectivity index (χ2n) is 8.06. The summed E-state index contributed by atoms with van der Waals surface area (Å²) in [5.41, 5.74) is 3.88. The average molecular weight is 550 g/mol. The van der Waals surface area contributed by atoms with E-state index in [0.717, 1.165) is 38.0 Å². The summed E-state index contributed by atoms with van der Waals surface area (Å²) in [6.07, 6.45) is 0.236. The number of rotatable bonds is 2. The number of fused-ring (bicyclic) bond motifs is 4. The van der Waals surface area contributed by atoms with E-state index in [-0.39, 0.29) is 11.8 Å². The number of phenolic OH excluding ortho intramolecular Hbond substituents is 1. The lowest BCUT2D eigenvalue weighted by Crippen LogP contribution is -2.33. The number of hydrogen-bond donors (Lipinski definition) is 1. The summed E-state index contributed by atoms with van der Waals surface area (Å²) in [6.45, 7) is 0. The fraction of sp³-hybridized carbons (Fsp3) is 0.115. The van der Waals surface area contributed by atoms with Gasteiger partial charge in [0.1, 0.15) is 11.5 Å². The fourth-order valence-corrected chi connectivity index (χ4v) is 5.29. The Morgan fingerprint density at radius 2 is 1.59 bits per heavy atom. The Morgan fingerprint density at radius 3 is 2.44 bits per heavy atom. The zero-order valence-corrected chi connectivity index (χ0v) is 20.0. The van der Waals surface area contributed by atoms with E-state index in [1.54, 1.807) is 6.07 Å². The van der Waals surface area contributed by atoms with Gasteiger partial charge in [0.25, 0.3) is 0 Å². The van der Waals surface area contributed by atoms with Gasteiger partial charge < -0.3 is 9.84 Å². The van der Waals surface area contributed by atoms with Crippen molar-refractivity contribution in [1.82, 2.24) is 5.01 Å². The first kappa shape index (κ1) is 19.8. The number of phenols is 1. The van der Waals surface area contributed by atoms with Gasteiger partial charge in [0, 0.05) is 20.9 Å². The molecule has 6 heteroatoms. The lowest BCUT2D eigenvalue weighted by Gasteiger charge is -2.38. The summed E-state index contributed by atoms with van der Waals surface area (Å²) in [5, 5.41) is 20.0. The van der Waals surface area contributed by atoms with Gasteiger partial charge in [-0.1, -0.05) is 68.3 Å². The van der Waals surface area contributed by atoms with Crippen LogP contribution >= 0.6 is 31.9 Å². The highest BCUT2D eigenvalue weighted by atomic mass is 79.9. The predicted octanol–water partition coefficient (Wildman–Crippen LogP) is 7.31. The summed E-state index contributed by atoms with van der Waals surface area (Å²) in [4.78, 5) is 0. The van der Waals surface area contributed by atoms with E-state index in [2.05, 4.69) is 80.4 Å². The Labute approximate surface area is 202 Å². The molecule has 0 bridgehead atoms. The monoisotopic (exact) mass is 548 g/mol. The minimum absolute atomic E-state index is 0.0149. The van der Waals surface area contributed by atoms with Crippen molar-refractivity contribution in [2.45, 2.75) is 18.7 Å². The maximum absolute atomic E-state index is 10.6. The molecule has 4 aromatic rings. The molecule has 0 radical (unpaired) electrons. The third kappa shape index (κ3) is 3.29. The quantitative estimate of drug-likeness (QED) is 0.285. The molecule has 0 fully saturated rings. The zero-order valence-electron chi connectivity index (χ0n) is 16.9. The number of benzene rings is 4. The van der Waals surface area contributed by atoms with E-state index in [1.807, 2.05) is 29.3 Å². The van der Waals surface area contributed by atoms with Crippen molar-refractivity contribution in [3.05, 3.63) is 104 Å². The molecule has 2 atom stereocenters. The van der Waals surface area contributed by atoms with Gasteiger partial charge in [0.15, 0.2) is 0 Å². The summed E-state index contributed by atoms with van der Waals surface area (Å²) >= 11 is 7.12. The maximum Gasteiger partial charge on any atom is 0.217 e. The molecule has 4 aromatic carbocycles. The summed E-state index contributed by atoms with van der Waals surface area (Å²) < 4.78 is 8.28. The Kier molecular flexibility index (Phi) is 4.73. The van der Waals surface area contributed by atoms with Crippen molar-refractivity contribution in [2.24, 2.45) is 5.10 Å². The highest BCUT2D eigenvalue weighted by Gasteiger charge is 2.42. The Balaban J connectivity index is 1.48. The smallest absolute Gasteiger partial charge is 0.217 e. The van der Waals surface area contributed by atoms with Gasteiger partial charge in [-0.15, -0.1) is 0 Å². The molecule has 32 heavy (non-hydrogen) atoms. The maximum atomic E-state index is 10.6. The molecule has 0 aliphatic carbocycles. The minimum atomic E-state index is -0.524. The summed E-state index contributed by atoms with van der Waals surface area (Å²) in [6, 6.07) is 26.3. The lowest BCUT2D eigenvalue weighted by molar-refractivity contribution is -0.0204. The topological polar surface area (TPSA) is 45.1 Å². The van der Waals surface area contributed by atoms with E-state index >= 15 is 0 Å². The molecule has 6 rings (SSSR count). The van der Waals surface area contributed by atoms with Crippen molar-refractivity contribution >= 4 is 48.3 Å². The minimum Gasteiger partial charge on any atom is -0.507 e. The van der Waals surface area contributed by atoms with Crippen molar-refractivity contribution in [3.63, 3.8) is 0 Å². The van der Waals surface area contributed by atoms with Crippen LogP contribution in [0.15, 0.2) is 92.9 Å². The number of hydrazone groups is 1. The van der Waals surface area contributed by atoms with E-state index in [9.17, 15) is 5.11 Å². The van der Waals surface area contributed by atoms with Gasteiger partial charge in [-0.25, -0.2) is 5.01 Å². The van der Waals surface area contributed by atoms with Crippen LogP contribution in [0.4, 0.5) is 0 Å². The fourth-order valence-electron chi connectivity index (χ4n) is 4.53. The second-order valence-corrected chi connectivity index (χ2v) is 9.90. The highest BCUT2D eigenvalue weighted by molar-refractivity contribution is 9.10. The van der Waals surface area contributed by atoms with Gasteiger partial charge in [-0.05, 0) is 58.8 Å². The van der Waals surface area contributed by atoms with E-state index in [0.29, 0.717) is 5.56 Å². The van der Waals surface area contributed by atoms with Crippen molar-refractivity contribution in [2.75, 3.05) is 0 Å². The molecular weight excluding hydrogens is 532 g/mol. The van der Waals surface area contributed by atoms with E-state index < -0.39 is 6.23 Å². The molecule has 1 N–H and O–H groups in total. The van der Waals surface area contributed by atoms with Crippen LogP contribution in [-0.2, 0) is 0 Å². The molecule has 158 valence electrons. The summed E-state index contributed by atoms with van der Waals surface area (Å²) in [7, 11) is 0. The standard InChI is InChI=1S/C26H18Br2N2O2/c27-18-7-9-24(31)21(13-18)26-30-23(20-12-19(28)8-10-25(20)32-26)14-22(29-30)17-6-5-15-3-1-2-4-16(15)11-17/h1-13,23,26,31H,14H2/t23-,26+/m0/s1. The second kappa shape index (κ2) is 7.64. The Bertz CT molecular complexity index is 1400. The van der Waals surface area contributed by atoms with Crippen molar-refractivity contribution in [3.8, 4) is 11.5 Å². The Hall–Kier alpha value is -2.83. The third-order valence-corrected chi connectivity index (χ3v) is 7.08. The highest BCUT2D eigenvalue weighted by Crippen LogP contribution is 2.49. The van der Waals surface area contributed by atoms with Gasteiger partial charge >= 0.3 is 0 Å². The molecule has 2 heterocycles. The van der Waals surface area contributed by atoms with Crippen LogP contribution in [0.5, 0.6) is 11.5 Å². The van der Waals surface area contributed by atoms with Crippen LogP contribution in [0.2, 0.25) is 0 Å². The normalized spacial score (nSPS) is 19.3. The van der Waals surface area contributed by atoms with Gasteiger partial charge in [-0.3, -0.25) is 0 Å². The SMILES string of the molecule is Oc1ccc(Br)cc1[C@H]1Oc2ccc(Br)cc2[C@@H]2CC(c3ccc4ccccc4c3)=NN12. The largest absolute Gasteiger partial charge is 0.507 e. The Morgan fingerprint density at radius 1 is 0.844 bits per heavy atom. The number of nitrogens with zero attached hydrogens (tertiary/aromatic N) is 2. The van der Waals surface area contributed by atoms with E-state index in [1.165, 1.54) is 10.8 Å². The molecule has 2 aliphatic heterocycles. The molecule has 0 saturated heterocycles. The van der Waals surface area contributed by atoms with Crippen LogP contribution in [0.3, 0.4) is 0 Å². The molecule has 0 aromatic heterocycles. The van der Waals surface area contributed by atoms with Crippen LogP contribution in [0.1, 0.15) is 35.4 Å². The van der Waals surface area contributed by atoms with Gasteiger partial charge in [0.2, 0.25) is 6.23 Å². The average Bonchev–Trinajstić information content (AvgIpc) is 3.26. The number of aromatic hydroxyl groups is 1. The molecule has 0 spiro atoms. The first-order valence-electron chi connectivity index (χ1n) is 10.4. The molecule has 0 unspecified atom stereocenters. The molecular formula is C26H18Br2N2O2. The van der Waals surface area contributed by atoms with Crippen molar-refractivity contribution < 1.29 is 9.84 Å². The van der Waals surface area contributed by atoms with Crippen LogP contribution in [0, 0.1) is 0 Å². The third-order valence-electron chi connectivity index (χ3n) is 6.09. The molecule has 0 amide bonds. The first-order valence-corrected chi connectivity index (χ1v) is 11.9. The summed E-state index contributed by atoms with van der Waals surface area (Å²) in [5.74, 6) is 1.00. The number of ether oxygens (including phenoxy) is 1. The lowest BCUT2D eigenvalue weighted by atomic mass is 9.95. The zero-order chi connectivity index (χ0) is 21.8. The van der Waals surface area contributed by atoms with Crippen LogP contribution in [0.25, 0.3) is 10.8 Å². The molecule has 2 aliphatic rings. The first-order chi connectivity index (χ1) is 15.6. The number of hydrogen-bond acceptors (Lipinski definition) is 4. The predicted molar refractivity (Wildman–Crippen MR) is 133 cm³/mol. The van der Waals surface area contributed by atoms with Gasteiger partial charge in [0.05, 0.1) is 17.3 Å². The van der Waals surface area contributed by atoms with Crippen LogP contribution < -0.4 is 4.74 Å². The number of halogens is 2. The molecule has 4 nitrogen and oxygen atoms in total. The van der Waals surface area contributed by atoms with Crippen LogP contribution in [-0.4, -0.2) is 15.8 Å². The van der Waals surface area contributed by atoms with E-state index in [4.69, 9.17) is 9.84 Å². The van der Waals surface area contributed by atoms with Crippen molar-refractivity contribution in [1.29, 1.82) is 0 Å². The molecule has 0 saturated carbocycles.